The number of para-hydroxylation sites is 2. The minimum absolute atomic E-state index is 0.462. The van der Waals surface area contributed by atoms with Crippen LogP contribution in [0.3, 0.4) is 0 Å². The predicted molar refractivity (Wildman–Crippen MR) is 121 cm³/mol. The summed E-state index contributed by atoms with van der Waals surface area (Å²) >= 11 is 0. The molecule has 6 heteroatoms. The highest BCUT2D eigenvalue weighted by Gasteiger charge is 2.30. The Kier molecular flexibility index (Phi) is 5.54. The Balaban J connectivity index is 2.02. The van der Waals surface area contributed by atoms with Gasteiger partial charge in [-0.15, -0.1) is 0 Å². The fourth-order valence-electron chi connectivity index (χ4n) is 4.04. The lowest BCUT2D eigenvalue weighted by Gasteiger charge is -2.19. The van der Waals surface area contributed by atoms with Crippen LogP contribution in [0.5, 0.6) is 17.2 Å². The molecule has 1 heterocycles. The van der Waals surface area contributed by atoms with E-state index in [1.807, 2.05) is 66.7 Å². The van der Waals surface area contributed by atoms with Gasteiger partial charge in [0, 0.05) is 27.6 Å². The third-order valence-corrected chi connectivity index (χ3v) is 5.44. The Morgan fingerprint density at radius 2 is 1.52 bits per heavy atom. The first-order chi connectivity index (χ1) is 15.1. The molecule has 31 heavy (non-hydrogen) atoms. The van der Waals surface area contributed by atoms with Gasteiger partial charge in [0.25, 0.3) is 0 Å². The molecule has 1 amide bonds. The molecule has 0 fully saturated rings. The minimum atomic E-state index is -0.713. The summed E-state index contributed by atoms with van der Waals surface area (Å²) in [5, 5.41) is 0.919. The topological polar surface area (TPSA) is 86.6 Å². The van der Waals surface area contributed by atoms with Gasteiger partial charge in [-0.25, -0.2) is 0 Å². The number of primary amides is 1. The molecule has 4 aromatic rings. The number of aromatic amines is 1. The monoisotopic (exact) mass is 416 g/mol. The van der Waals surface area contributed by atoms with E-state index in [0.717, 1.165) is 27.7 Å². The maximum Gasteiger partial charge on any atom is 0.229 e. The first-order valence-corrected chi connectivity index (χ1v) is 9.84. The lowest BCUT2D eigenvalue weighted by atomic mass is 9.86. The van der Waals surface area contributed by atoms with Gasteiger partial charge in [0.15, 0.2) is 11.5 Å². The highest BCUT2D eigenvalue weighted by atomic mass is 16.5. The maximum atomic E-state index is 12.8. The molecule has 1 unspecified atom stereocenters. The Morgan fingerprint density at radius 3 is 2.23 bits per heavy atom. The number of nitrogens with one attached hydrogen (secondary N) is 1. The summed E-state index contributed by atoms with van der Waals surface area (Å²) < 4.78 is 16.4. The number of nitrogens with two attached hydrogens (primary N) is 1. The number of hydrogen-bond acceptors (Lipinski definition) is 4. The second-order valence-corrected chi connectivity index (χ2v) is 7.11. The number of fused-ring (bicyclic) bond motifs is 1. The Hall–Kier alpha value is -3.93. The van der Waals surface area contributed by atoms with Gasteiger partial charge < -0.3 is 24.9 Å². The number of carbonyl (C=O) groups is 1. The molecular formula is C25H24N2O4. The molecule has 6 nitrogen and oxygen atoms in total. The number of methoxy groups -OCH3 is 3. The summed E-state index contributed by atoms with van der Waals surface area (Å²) in [7, 11) is 4.77. The number of ether oxygens (including phenoxy) is 3. The third-order valence-electron chi connectivity index (χ3n) is 5.44. The molecule has 0 saturated heterocycles. The van der Waals surface area contributed by atoms with Crippen molar-refractivity contribution in [3.05, 3.63) is 77.9 Å². The van der Waals surface area contributed by atoms with Crippen LogP contribution in [0.25, 0.3) is 22.2 Å². The van der Waals surface area contributed by atoms with Crippen molar-refractivity contribution in [1.82, 2.24) is 4.98 Å². The third kappa shape index (κ3) is 3.57. The molecule has 3 aromatic carbocycles. The molecule has 4 rings (SSSR count). The van der Waals surface area contributed by atoms with Gasteiger partial charge in [-0.1, -0.05) is 36.4 Å². The van der Waals surface area contributed by atoms with Crippen molar-refractivity contribution in [2.24, 2.45) is 5.73 Å². The second-order valence-electron chi connectivity index (χ2n) is 7.11. The van der Waals surface area contributed by atoms with Crippen LogP contribution in [0.4, 0.5) is 0 Å². The Bertz CT molecular complexity index is 1250. The zero-order chi connectivity index (χ0) is 22.0. The zero-order valence-corrected chi connectivity index (χ0v) is 17.6. The van der Waals surface area contributed by atoms with E-state index in [-0.39, 0.29) is 0 Å². The van der Waals surface area contributed by atoms with E-state index in [4.69, 9.17) is 19.9 Å². The van der Waals surface area contributed by atoms with Gasteiger partial charge in [0.2, 0.25) is 5.91 Å². The van der Waals surface area contributed by atoms with Crippen molar-refractivity contribution in [1.29, 1.82) is 0 Å². The fourth-order valence-corrected chi connectivity index (χ4v) is 4.04. The van der Waals surface area contributed by atoms with E-state index in [1.54, 1.807) is 21.3 Å². The fraction of sp³-hybridized carbons (Fsp3) is 0.160. The van der Waals surface area contributed by atoms with Crippen molar-refractivity contribution in [2.45, 2.75) is 5.92 Å². The number of rotatable bonds is 7. The number of H-pyrrole nitrogens is 1. The van der Waals surface area contributed by atoms with Crippen LogP contribution >= 0.6 is 0 Å². The van der Waals surface area contributed by atoms with Gasteiger partial charge >= 0.3 is 0 Å². The molecule has 0 saturated carbocycles. The van der Waals surface area contributed by atoms with E-state index in [1.165, 1.54) is 0 Å². The van der Waals surface area contributed by atoms with Crippen molar-refractivity contribution in [3.63, 3.8) is 0 Å². The molecule has 0 aliphatic heterocycles. The normalized spacial score (nSPS) is 11.8. The highest BCUT2D eigenvalue weighted by molar-refractivity contribution is 5.99. The average molecular weight is 416 g/mol. The summed E-state index contributed by atoms with van der Waals surface area (Å²) in [5.41, 5.74) is 10.0. The Morgan fingerprint density at radius 1 is 0.839 bits per heavy atom. The van der Waals surface area contributed by atoms with Gasteiger partial charge in [0.1, 0.15) is 5.75 Å². The number of benzene rings is 3. The molecule has 0 bridgehead atoms. The summed E-state index contributed by atoms with van der Waals surface area (Å²) in [6.07, 6.45) is 0. The van der Waals surface area contributed by atoms with Crippen molar-refractivity contribution >= 4 is 16.8 Å². The summed E-state index contributed by atoms with van der Waals surface area (Å²) in [5.74, 6) is 0.652. The largest absolute Gasteiger partial charge is 0.496 e. The molecule has 1 atom stereocenters. The quantitative estimate of drug-likeness (QED) is 0.465. The molecule has 0 radical (unpaired) electrons. The number of aromatic nitrogens is 1. The van der Waals surface area contributed by atoms with Crippen LogP contribution in [0.15, 0.2) is 66.7 Å². The lowest BCUT2D eigenvalue weighted by molar-refractivity contribution is -0.118. The smallest absolute Gasteiger partial charge is 0.229 e. The molecule has 3 N–H and O–H groups in total. The number of hydrogen-bond donors (Lipinski definition) is 2. The van der Waals surface area contributed by atoms with Crippen LogP contribution in [0, 0.1) is 0 Å². The van der Waals surface area contributed by atoms with Gasteiger partial charge in [0.05, 0.1) is 32.9 Å². The first kappa shape index (κ1) is 20.3. The number of amides is 1. The standard InChI is InChI=1S/C25H24N2O4/c1-29-19-11-7-5-9-17(19)23(25(26)28)22-16-8-4-6-10-18(16)27-24(22)15-12-13-20(30-2)21(14-15)31-3/h4-14,23,27H,1-3H3,(H2,26,28). The maximum absolute atomic E-state index is 12.8. The molecule has 1 aromatic heterocycles. The average Bonchev–Trinajstić information content (AvgIpc) is 3.18. The van der Waals surface area contributed by atoms with E-state index in [2.05, 4.69) is 4.98 Å². The van der Waals surface area contributed by atoms with Gasteiger partial charge in [-0.3, -0.25) is 4.79 Å². The first-order valence-electron chi connectivity index (χ1n) is 9.84. The van der Waals surface area contributed by atoms with E-state index in [9.17, 15) is 4.79 Å². The van der Waals surface area contributed by atoms with Gasteiger partial charge in [-0.05, 0) is 30.3 Å². The van der Waals surface area contributed by atoms with E-state index < -0.39 is 11.8 Å². The SMILES string of the molecule is COc1ccc(-c2[nH]c3ccccc3c2C(C(N)=O)c2ccccc2OC)cc1OC. The van der Waals surface area contributed by atoms with Crippen LogP contribution in [0.2, 0.25) is 0 Å². The molecule has 0 aliphatic rings. The van der Waals surface area contributed by atoms with Crippen LogP contribution < -0.4 is 19.9 Å². The van der Waals surface area contributed by atoms with Crippen LogP contribution in [0.1, 0.15) is 17.0 Å². The summed E-state index contributed by atoms with van der Waals surface area (Å²) in [6, 6.07) is 20.9. The Labute approximate surface area is 180 Å². The second kappa shape index (κ2) is 8.44. The van der Waals surface area contributed by atoms with Crippen LogP contribution in [-0.2, 0) is 4.79 Å². The zero-order valence-electron chi connectivity index (χ0n) is 17.6. The number of carbonyl (C=O) groups excluding carboxylic acids is 1. The predicted octanol–water partition coefficient (Wildman–Crippen LogP) is 4.48. The lowest BCUT2D eigenvalue weighted by Crippen LogP contribution is -2.23. The van der Waals surface area contributed by atoms with Crippen molar-refractivity contribution in [2.75, 3.05) is 21.3 Å². The molecular weight excluding hydrogens is 392 g/mol. The van der Waals surface area contributed by atoms with Crippen LogP contribution in [-0.4, -0.2) is 32.2 Å². The van der Waals surface area contributed by atoms with E-state index in [0.29, 0.717) is 22.8 Å². The molecule has 0 spiro atoms. The highest BCUT2D eigenvalue weighted by Crippen LogP contribution is 2.42. The summed E-state index contributed by atoms with van der Waals surface area (Å²) in [4.78, 5) is 16.3. The minimum Gasteiger partial charge on any atom is -0.496 e. The van der Waals surface area contributed by atoms with Gasteiger partial charge in [-0.2, -0.15) is 0 Å². The molecule has 0 aliphatic carbocycles. The summed E-state index contributed by atoms with van der Waals surface area (Å²) in [6.45, 7) is 0. The van der Waals surface area contributed by atoms with E-state index >= 15 is 0 Å². The molecule has 158 valence electrons. The van der Waals surface area contributed by atoms with Crippen molar-refractivity contribution < 1.29 is 19.0 Å². The van der Waals surface area contributed by atoms with Crippen molar-refractivity contribution in [3.8, 4) is 28.5 Å².